The molecule has 0 spiro atoms. The van der Waals surface area contributed by atoms with Gasteiger partial charge in [0.1, 0.15) is 11.3 Å². The highest BCUT2D eigenvalue weighted by Crippen LogP contribution is 2.29. The summed E-state index contributed by atoms with van der Waals surface area (Å²) in [6, 6.07) is 2.48. The van der Waals surface area contributed by atoms with E-state index in [-0.39, 0.29) is 11.3 Å². The Morgan fingerprint density at radius 2 is 2.20 bits per heavy atom. The topological polar surface area (TPSA) is 83.6 Å². The summed E-state index contributed by atoms with van der Waals surface area (Å²) in [7, 11) is 0. The van der Waals surface area contributed by atoms with Gasteiger partial charge in [0, 0.05) is 5.56 Å². The Balaban J connectivity index is 3.40. The molecule has 1 aromatic carbocycles. The lowest BCUT2D eigenvalue weighted by molar-refractivity contribution is 0.0693. The summed E-state index contributed by atoms with van der Waals surface area (Å²) in [5.41, 5.74) is 6.64. The quantitative estimate of drug-likeness (QED) is 0.657. The van der Waals surface area contributed by atoms with Gasteiger partial charge in [-0.2, -0.15) is 0 Å². The van der Waals surface area contributed by atoms with Gasteiger partial charge in [0.15, 0.2) is 0 Å². The third-order valence-corrected chi connectivity index (χ3v) is 2.13. The molecule has 0 amide bonds. The van der Waals surface area contributed by atoms with E-state index in [2.05, 4.69) is 6.58 Å². The van der Waals surface area contributed by atoms with Gasteiger partial charge in [-0.1, -0.05) is 12.1 Å². The number of carbonyl (C=O) groups is 1. The Labute approximate surface area is 87.7 Å². The predicted molar refractivity (Wildman–Crippen MR) is 56.9 cm³/mol. The normalized spacial score (nSPS) is 12.1. The highest BCUT2D eigenvalue weighted by atomic mass is 16.4. The van der Waals surface area contributed by atoms with Crippen molar-refractivity contribution in [2.45, 2.75) is 13.0 Å². The number of benzene rings is 1. The molecule has 0 heterocycles. The highest BCUT2D eigenvalue weighted by Gasteiger charge is 2.16. The van der Waals surface area contributed by atoms with Gasteiger partial charge in [0.25, 0.3) is 0 Å². The van der Waals surface area contributed by atoms with Gasteiger partial charge in [-0.15, -0.1) is 6.58 Å². The second-order valence-electron chi connectivity index (χ2n) is 3.32. The summed E-state index contributed by atoms with van der Waals surface area (Å²) in [5, 5.41) is 18.5. The van der Waals surface area contributed by atoms with Crippen LogP contribution in [0.1, 0.15) is 27.5 Å². The molecule has 4 N–H and O–H groups in total. The van der Waals surface area contributed by atoms with E-state index in [0.717, 1.165) is 5.56 Å². The number of aryl methyl sites for hydroxylation is 1. The summed E-state index contributed by atoms with van der Waals surface area (Å²) >= 11 is 0. The fourth-order valence-electron chi connectivity index (χ4n) is 1.35. The first-order valence-corrected chi connectivity index (χ1v) is 4.42. The number of rotatable bonds is 3. The molecule has 0 saturated heterocycles. The van der Waals surface area contributed by atoms with Crippen LogP contribution in [-0.4, -0.2) is 16.2 Å². The maximum Gasteiger partial charge on any atom is 0.339 e. The Bertz CT molecular complexity index is 413. The van der Waals surface area contributed by atoms with Crippen LogP contribution in [0.15, 0.2) is 24.8 Å². The molecule has 0 aliphatic rings. The van der Waals surface area contributed by atoms with E-state index < -0.39 is 12.0 Å². The van der Waals surface area contributed by atoms with Crippen molar-refractivity contribution in [3.63, 3.8) is 0 Å². The van der Waals surface area contributed by atoms with Crippen molar-refractivity contribution in [2.75, 3.05) is 0 Å². The first-order valence-electron chi connectivity index (χ1n) is 4.42. The van der Waals surface area contributed by atoms with Gasteiger partial charge in [-0.3, -0.25) is 0 Å². The molecular formula is C11H13NO3. The van der Waals surface area contributed by atoms with Crippen LogP contribution in [0.25, 0.3) is 0 Å². The Morgan fingerprint density at radius 1 is 1.60 bits per heavy atom. The fraction of sp³-hybridized carbons (Fsp3) is 0.182. The number of aromatic carboxylic acids is 1. The van der Waals surface area contributed by atoms with Crippen LogP contribution in [0.2, 0.25) is 0 Å². The van der Waals surface area contributed by atoms with Crippen molar-refractivity contribution < 1.29 is 15.0 Å². The smallest absolute Gasteiger partial charge is 0.339 e. The van der Waals surface area contributed by atoms with Crippen LogP contribution in [-0.2, 0) is 0 Å². The van der Waals surface area contributed by atoms with Crippen molar-refractivity contribution in [1.82, 2.24) is 0 Å². The van der Waals surface area contributed by atoms with Crippen molar-refractivity contribution in [3.05, 3.63) is 41.5 Å². The lowest BCUT2D eigenvalue weighted by atomic mass is 9.99. The molecule has 80 valence electrons. The Morgan fingerprint density at radius 3 is 2.67 bits per heavy atom. The number of hydrogen-bond acceptors (Lipinski definition) is 3. The van der Waals surface area contributed by atoms with Gasteiger partial charge in [0.2, 0.25) is 0 Å². The van der Waals surface area contributed by atoms with Crippen molar-refractivity contribution in [3.8, 4) is 5.75 Å². The molecule has 1 atom stereocenters. The van der Waals surface area contributed by atoms with Crippen molar-refractivity contribution >= 4 is 5.97 Å². The molecule has 0 aliphatic carbocycles. The number of carboxylic acids is 1. The summed E-state index contributed by atoms with van der Waals surface area (Å²) < 4.78 is 0. The minimum absolute atomic E-state index is 0.137. The minimum Gasteiger partial charge on any atom is -0.507 e. The molecule has 15 heavy (non-hydrogen) atoms. The molecule has 0 unspecified atom stereocenters. The minimum atomic E-state index is -1.17. The van der Waals surface area contributed by atoms with E-state index in [1.54, 1.807) is 13.0 Å². The zero-order valence-electron chi connectivity index (χ0n) is 8.40. The molecule has 0 radical (unpaired) electrons. The van der Waals surface area contributed by atoms with E-state index in [0.29, 0.717) is 5.56 Å². The van der Waals surface area contributed by atoms with Gasteiger partial charge in [0.05, 0.1) is 6.04 Å². The summed E-state index contributed by atoms with van der Waals surface area (Å²) in [6.45, 7) is 5.24. The van der Waals surface area contributed by atoms with E-state index in [4.69, 9.17) is 10.8 Å². The zero-order chi connectivity index (χ0) is 11.6. The predicted octanol–water partition coefficient (Wildman–Crippen LogP) is 1.58. The van der Waals surface area contributed by atoms with Gasteiger partial charge in [-0.25, -0.2) is 4.79 Å². The van der Waals surface area contributed by atoms with Gasteiger partial charge >= 0.3 is 5.97 Å². The van der Waals surface area contributed by atoms with E-state index in [1.807, 2.05) is 0 Å². The highest BCUT2D eigenvalue weighted by molar-refractivity contribution is 5.91. The van der Waals surface area contributed by atoms with Gasteiger partial charge in [-0.05, 0) is 18.6 Å². The average molecular weight is 207 g/mol. The molecule has 0 aromatic heterocycles. The van der Waals surface area contributed by atoms with Crippen LogP contribution < -0.4 is 5.73 Å². The van der Waals surface area contributed by atoms with Gasteiger partial charge < -0.3 is 15.9 Å². The third kappa shape index (κ3) is 2.16. The average Bonchev–Trinajstić information content (AvgIpc) is 2.19. The molecule has 1 aromatic rings. The summed E-state index contributed by atoms with van der Waals surface area (Å²) in [6.07, 6.45) is 1.44. The van der Waals surface area contributed by atoms with Crippen LogP contribution >= 0.6 is 0 Å². The monoisotopic (exact) mass is 207 g/mol. The molecule has 0 aliphatic heterocycles. The lowest BCUT2D eigenvalue weighted by Gasteiger charge is -2.12. The summed E-state index contributed by atoms with van der Waals surface area (Å²) in [5.74, 6) is -1.46. The van der Waals surface area contributed by atoms with E-state index in [9.17, 15) is 9.90 Å². The van der Waals surface area contributed by atoms with Crippen LogP contribution in [0.5, 0.6) is 5.75 Å². The number of carboxylic acid groups (broad SMARTS) is 1. The molecule has 0 fully saturated rings. The van der Waals surface area contributed by atoms with Crippen molar-refractivity contribution in [2.24, 2.45) is 5.73 Å². The zero-order valence-corrected chi connectivity index (χ0v) is 8.40. The fourth-order valence-corrected chi connectivity index (χ4v) is 1.35. The SMILES string of the molecule is C=C[C@@H](N)c1cc(C)cc(C(=O)O)c1O. The third-order valence-electron chi connectivity index (χ3n) is 2.13. The standard InChI is InChI=1S/C11H13NO3/c1-3-9(12)7-4-6(2)5-8(10(7)13)11(14)15/h3-5,9,13H,1,12H2,2H3,(H,14,15)/t9-/m1/s1. The number of aromatic hydroxyl groups is 1. The first-order chi connectivity index (χ1) is 6.97. The second kappa shape index (κ2) is 4.14. The molecule has 4 nitrogen and oxygen atoms in total. The van der Waals surface area contributed by atoms with E-state index >= 15 is 0 Å². The molecule has 0 bridgehead atoms. The maximum absolute atomic E-state index is 10.8. The number of phenols is 1. The van der Waals surface area contributed by atoms with Crippen LogP contribution in [0, 0.1) is 6.92 Å². The largest absolute Gasteiger partial charge is 0.507 e. The molecule has 0 saturated carbocycles. The second-order valence-corrected chi connectivity index (χ2v) is 3.32. The Hall–Kier alpha value is -1.81. The number of nitrogens with two attached hydrogens (primary N) is 1. The lowest BCUT2D eigenvalue weighted by Crippen LogP contribution is -2.09. The number of hydrogen-bond donors (Lipinski definition) is 3. The molecular weight excluding hydrogens is 194 g/mol. The van der Waals surface area contributed by atoms with Crippen LogP contribution in [0.4, 0.5) is 0 Å². The maximum atomic E-state index is 10.8. The van der Waals surface area contributed by atoms with Crippen LogP contribution in [0.3, 0.4) is 0 Å². The first kappa shape index (κ1) is 11.3. The molecule has 1 rings (SSSR count). The van der Waals surface area contributed by atoms with Crippen molar-refractivity contribution in [1.29, 1.82) is 0 Å². The van der Waals surface area contributed by atoms with E-state index in [1.165, 1.54) is 12.1 Å². The summed E-state index contributed by atoms with van der Waals surface area (Å²) in [4.78, 5) is 10.8. The molecule has 4 heteroatoms. The Kier molecular flexibility index (Phi) is 3.11.